The van der Waals surface area contributed by atoms with Gasteiger partial charge in [-0.05, 0) is 44.7 Å². The molecule has 3 aromatic rings. The number of ether oxygens (including phenoxy) is 1. The Bertz CT molecular complexity index is 989. The molecule has 1 fully saturated rings. The number of oxazole rings is 1. The largest absolute Gasteiger partial charge is 0.469 e. The Hall–Kier alpha value is -2.38. The molecular formula is C20H23ClN4O3. The number of fused-ring (bicyclic) bond motifs is 1. The zero-order valence-corrected chi connectivity index (χ0v) is 16.7. The second kappa shape index (κ2) is 7.93. The predicted octanol–water partition coefficient (Wildman–Crippen LogP) is 3.77. The molecule has 0 bridgehead atoms. The van der Waals surface area contributed by atoms with E-state index < -0.39 is 0 Å². The molecular weight excluding hydrogens is 380 g/mol. The van der Waals surface area contributed by atoms with Crippen molar-refractivity contribution in [3.63, 3.8) is 0 Å². The number of esters is 1. The first-order valence-corrected chi connectivity index (χ1v) is 9.85. The molecule has 2 aromatic heterocycles. The third kappa shape index (κ3) is 3.64. The van der Waals surface area contributed by atoms with Gasteiger partial charge in [-0.1, -0.05) is 23.7 Å². The minimum atomic E-state index is -0.0954. The maximum atomic E-state index is 11.6. The van der Waals surface area contributed by atoms with Crippen LogP contribution in [0.3, 0.4) is 0 Å². The van der Waals surface area contributed by atoms with Crippen molar-refractivity contribution in [3.05, 3.63) is 40.7 Å². The highest BCUT2D eigenvalue weighted by Gasteiger charge is 2.27. The Morgan fingerprint density at radius 1 is 1.32 bits per heavy atom. The topological polar surface area (TPSA) is 81.7 Å². The molecule has 4 rings (SSSR count). The van der Waals surface area contributed by atoms with E-state index in [-0.39, 0.29) is 11.9 Å². The van der Waals surface area contributed by atoms with Crippen LogP contribution in [0.15, 0.2) is 28.7 Å². The first kappa shape index (κ1) is 19.0. The number of aryl methyl sites for hydroxylation is 1. The summed E-state index contributed by atoms with van der Waals surface area (Å²) in [5.41, 5.74) is 1.70. The molecule has 1 N–H and O–H groups in total. The summed E-state index contributed by atoms with van der Waals surface area (Å²) in [4.78, 5) is 16.1. The number of methoxy groups -OCH3 is 1. The molecule has 8 heteroatoms. The van der Waals surface area contributed by atoms with Crippen molar-refractivity contribution in [2.45, 2.75) is 45.2 Å². The second-order valence-electron chi connectivity index (χ2n) is 7.17. The van der Waals surface area contributed by atoms with Crippen LogP contribution in [0.4, 0.5) is 0 Å². The van der Waals surface area contributed by atoms with Gasteiger partial charge >= 0.3 is 11.8 Å². The lowest BCUT2D eigenvalue weighted by atomic mass is 9.86. The molecule has 0 saturated heterocycles. The number of rotatable bonds is 5. The summed E-state index contributed by atoms with van der Waals surface area (Å²) in [5, 5.41) is 8.68. The highest BCUT2D eigenvalue weighted by atomic mass is 35.5. The summed E-state index contributed by atoms with van der Waals surface area (Å²) in [7, 11) is 1.45. The summed E-state index contributed by atoms with van der Waals surface area (Å²) in [6, 6.07) is 7.85. The molecule has 7 nitrogen and oxygen atoms in total. The van der Waals surface area contributed by atoms with E-state index in [4.69, 9.17) is 20.8 Å². The van der Waals surface area contributed by atoms with E-state index in [1.807, 2.05) is 31.2 Å². The Labute approximate surface area is 168 Å². The number of nitrogens with zero attached hydrogens (tertiary/aromatic N) is 3. The van der Waals surface area contributed by atoms with Gasteiger partial charge in [0.2, 0.25) is 0 Å². The molecule has 0 amide bonds. The smallest absolute Gasteiger partial charge is 0.325 e. The standard InChI is InChI=1S/C20H23ClN4O3/c1-12-17(11-22-14-9-7-13(8-10-14)19(26)27-2)28-20-23-18(24-25(12)20)15-5-3-4-6-16(15)21/h3-6,13-14,22H,7-11H2,1-2H3. The van der Waals surface area contributed by atoms with Crippen LogP contribution < -0.4 is 5.32 Å². The molecule has 0 atom stereocenters. The first-order valence-electron chi connectivity index (χ1n) is 9.48. The maximum Gasteiger partial charge on any atom is 0.325 e. The van der Waals surface area contributed by atoms with Crippen molar-refractivity contribution in [1.82, 2.24) is 19.9 Å². The zero-order valence-electron chi connectivity index (χ0n) is 15.9. The average molecular weight is 403 g/mol. The molecule has 1 saturated carbocycles. The van der Waals surface area contributed by atoms with Gasteiger partial charge in [0.15, 0.2) is 5.82 Å². The van der Waals surface area contributed by atoms with Crippen molar-refractivity contribution < 1.29 is 13.9 Å². The summed E-state index contributed by atoms with van der Waals surface area (Å²) < 4.78 is 12.5. The average Bonchev–Trinajstić information content (AvgIpc) is 3.26. The molecule has 0 radical (unpaired) electrons. The van der Waals surface area contributed by atoms with E-state index in [1.54, 1.807) is 4.52 Å². The summed E-state index contributed by atoms with van der Waals surface area (Å²) >= 11 is 6.24. The Kier molecular flexibility index (Phi) is 5.37. The first-order chi connectivity index (χ1) is 13.6. The van der Waals surface area contributed by atoms with Crippen LogP contribution in [0.1, 0.15) is 37.1 Å². The monoisotopic (exact) mass is 402 g/mol. The van der Waals surface area contributed by atoms with Gasteiger partial charge in [0.05, 0.1) is 30.3 Å². The minimum Gasteiger partial charge on any atom is -0.469 e. The molecule has 1 aliphatic rings. The molecule has 1 aliphatic carbocycles. The van der Waals surface area contributed by atoms with Gasteiger partial charge in [0, 0.05) is 11.6 Å². The van der Waals surface area contributed by atoms with Crippen molar-refractivity contribution in [2.75, 3.05) is 7.11 Å². The third-order valence-corrected chi connectivity index (χ3v) is 5.77. The number of benzene rings is 1. The summed E-state index contributed by atoms with van der Waals surface area (Å²) in [5.74, 6) is 1.76. The van der Waals surface area contributed by atoms with E-state index in [2.05, 4.69) is 15.4 Å². The van der Waals surface area contributed by atoms with Gasteiger partial charge in [-0.15, -0.1) is 5.10 Å². The normalized spacial score (nSPS) is 19.8. The highest BCUT2D eigenvalue weighted by molar-refractivity contribution is 6.33. The molecule has 148 valence electrons. The molecule has 28 heavy (non-hydrogen) atoms. The van der Waals surface area contributed by atoms with Crippen molar-refractivity contribution in [3.8, 4) is 11.4 Å². The van der Waals surface area contributed by atoms with Crippen LogP contribution >= 0.6 is 11.6 Å². The van der Waals surface area contributed by atoms with Gasteiger partial charge in [-0.25, -0.2) is 0 Å². The van der Waals surface area contributed by atoms with E-state index in [9.17, 15) is 4.79 Å². The third-order valence-electron chi connectivity index (χ3n) is 5.44. The van der Waals surface area contributed by atoms with E-state index in [1.165, 1.54) is 7.11 Å². The molecule has 2 heterocycles. The van der Waals surface area contributed by atoms with Crippen molar-refractivity contribution in [2.24, 2.45) is 5.92 Å². The van der Waals surface area contributed by atoms with Crippen LogP contribution in [-0.4, -0.2) is 33.7 Å². The highest BCUT2D eigenvalue weighted by Crippen LogP contribution is 2.28. The van der Waals surface area contributed by atoms with Gasteiger partial charge in [0.1, 0.15) is 5.76 Å². The lowest BCUT2D eigenvalue weighted by Gasteiger charge is -2.27. The fraction of sp³-hybridized carbons (Fsp3) is 0.450. The van der Waals surface area contributed by atoms with Crippen LogP contribution in [0.2, 0.25) is 5.02 Å². The van der Waals surface area contributed by atoms with Crippen molar-refractivity contribution >= 4 is 23.4 Å². The van der Waals surface area contributed by atoms with Crippen LogP contribution in [0.5, 0.6) is 0 Å². The second-order valence-corrected chi connectivity index (χ2v) is 7.58. The number of halogens is 1. The number of aromatic nitrogens is 3. The number of hydrogen-bond acceptors (Lipinski definition) is 6. The van der Waals surface area contributed by atoms with E-state index >= 15 is 0 Å². The molecule has 0 unspecified atom stereocenters. The molecule has 0 aliphatic heterocycles. The van der Waals surface area contributed by atoms with Gasteiger partial charge in [0.25, 0.3) is 0 Å². The number of carbonyl (C=O) groups excluding carboxylic acids is 1. The fourth-order valence-corrected chi connectivity index (χ4v) is 3.96. The van der Waals surface area contributed by atoms with Gasteiger partial charge in [-0.2, -0.15) is 9.50 Å². The predicted molar refractivity (Wildman–Crippen MR) is 105 cm³/mol. The lowest BCUT2D eigenvalue weighted by molar-refractivity contribution is -0.146. The minimum absolute atomic E-state index is 0.0316. The van der Waals surface area contributed by atoms with Crippen molar-refractivity contribution in [1.29, 1.82) is 0 Å². The number of nitrogens with one attached hydrogen (secondary N) is 1. The maximum absolute atomic E-state index is 11.6. The number of carbonyl (C=O) groups is 1. The zero-order chi connectivity index (χ0) is 19.7. The van der Waals surface area contributed by atoms with E-state index in [0.717, 1.165) is 42.7 Å². The Balaban J connectivity index is 1.42. The lowest BCUT2D eigenvalue weighted by Crippen LogP contribution is -2.34. The van der Waals surface area contributed by atoms with Crippen LogP contribution in [-0.2, 0) is 16.1 Å². The van der Waals surface area contributed by atoms with Gasteiger partial charge < -0.3 is 14.5 Å². The van der Waals surface area contributed by atoms with E-state index in [0.29, 0.717) is 29.3 Å². The summed E-state index contributed by atoms with van der Waals surface area (Å²) in [6.45, 7) is 2.57. The quantitative estimate of drug-likeness (QED) is 0.654. The number of hydrogen-bond donors (Lipinski definition) is 1. The van der Waals surface area contributed by atoms with Gasteiger partial charge in [-0.3, -0.25) is 4.79 Å². The Morgan fingerprint density at radius 3 is 2.75 bits per heavy atom. The molecule has 1 aromatic carbocycles. The Morgan fingerprint density at radius 2 is 2.07 bits per heavy atom. The van der Waals surface area contributed by atoms with Crippen LogP contribution in [0, 0.1) is 12.8 Å². The van der Waals surface area contributed by atoms with Crippen LogP contribution in [0.25, 0.3) is 17.2 Å². The summed E-state index contributed by atoms with van der Waals surface area (Å²) in [6.07, 6.45) is 3.61. The fourth-order valence-electron chi connectivity index (χ4n) is 3.74. The SMILES string of the molecule is COC(=O)C1CCC(NCc2oc3nc(-c4ccccc4Cl)nn3c2C)CC1. The molecule has 0 spiro atoms.